The molecule has 2 aromatic carbocycles. The van der Waals surface area contributed by atoms with E-state index in [4.69, 9.17) is 16.3 Å². The highest BCUT2D eigenvalue weighted by molar-refractivity contribution is 6.30. The molecule has 0 N–H and O–H groups in total. The summed E-state index contributed by atoms with van der Waals surface area (Å²) in [6.45, 7) is 4.44. The van der Waals surface area contributed by atoms with Crippen LogP contribution in [0.4, 0.5) is 0 Å². The van der Waals surface area contributed by atoms with E-state index in [2.05, 4.69) is 29.2 Å². The van der Waals surface area contributed by atoms with E-state index in [1.807, 2.05) is 25.1 Å². The lowest BCUT2D eigenvalue weighted by molar-refractivity contribution is 0.0880. The van der Waals surface area contributed by atoms with E-state index < -0.39 is 0 Å². The zero-order chi connectivity index (χ0) is 13.2. The van der Waals surface area contributed by atoms with Gasteiger partial charge in [-0.25, -0.2) is 0 Å². The SMILES string of the molecule is Cc1cc(Cl)cc2c1OCN(Cc1ccccc1)C2. The van der Waals surface area contributed by atoms with Crippen molar-refractivity contribution in [3.63, 3.8) is 0 Å². The Balaban J connectivity index is 1.79. The highest BCUT2D eigenvalue weighted by Gasteiger charge is 2.19. The van der Waals surface area contributed by atoms with Crippen LogP contribution in [0.2, 0.25) is 5.02 Å². The summed E-state index contributed by atoms with van der Waals surface area (Å²) in [4.78, 5) is 2.27. The molecule has 98 valence electrons. The van der Waals surface area contributed by atoms with E-state index >= 15 is 0 Å². The molecule has 0 bridgehead atoms. The zero-order valence-corrected chi connectivity index (χ0v) is 11.7. The highest BCUT2D eigenvalue weighted by atomic mass is 35.5. The Labute approximate surface area is 118 Å². The van der Waals surface area contributed by atoms with Gasteiger partial charge in [0.25, 0.3) is 0 Å². The first kappa shape index (κ1) is 12.5. The Kier molecular flexibility index (Phi) is 3.45. The highest BCUT2D eigenvalue weighted by Crippen LogP contribution is 2.32. The quantitative estimate of drug-likeness (QED) is 0.820. The topological polar surface area (TPSA) is 12.5 Å². The summed E-state index contributed by atoms with van der Waals surface area (Å²) < 4.78 is 5.86. The fourth-order valence-electron chi connectivity index (χ4n) is 2.51. The van der Waals surface area contributed by atoms with Gasteiger partial charge in [0.05, 0.1) is 0 Å². The molecule has 0 aliphatic carbocycles. The molecule has 0 atom stereocenters. The molecule has 3 heteroatoms. The van der Waals surface area contributed by atoms with Crippen molar-refractivity contribution in [2.45, 2.75) is 20.0 Å². The summed E-state index contributed by atoms with van der Waals surface area (Å²) in [7, 11) is 0. The molecule has 0 radical (unpaired) electrons. The molecule has 0 fully saturated rings. The maximum atomic E-state index is 6.12. The van der Waals surface area contributed by atoms with Crippen LogP contribution in [0.3, 0.4) is 0 Å². The molecule has 0 spiro atoms. The number of benzene rings is 2. The lowest BCUT2D eigenvalue weighted by atomic mass is 10.1. The van der Waals surface area contributed by atoms with Crippen molar-refractivity contribution < 1.29 is 4.74 Å². The molecular weight excluding hydrogens is 258 g/mol. The number of halogens is 1. The van der Waals surface area contributed by atoms with Crippen LogP contribution in [-0.2, 0) is 13.1 Å². The summed E-state index contributed by atoms with van der Waals surface area (Å²) in [6.07, 6.45) is 0. The Bertz CT molecular complexity index is 583. The number of fused-ring (bicyclic) bond motifs is 1. The number of nitrogens with zero attached hydrogens (tertiary/aromatic N) is 1. The van der Waals surface area contributed by atoms with Gasteiger partial charge in [-0.3, -0.25) is 4.90 Å². The molecule has 19 heavy (non-hydrogen) atoms. The van der Waals surface area contributed by atoms with Crippen molar-refractivity contribution >= 4 is 11.6 Å². The smallest absolute Gasteiger partial charge is 0.142 e. The predicted molar refractivity (Wildman–Crippen MR) is 77.4 cm³/mol. The van der Waals surface area contributed by atoms with E-state index in [-0.39, 0.29) is 0 Å². The molecule has 0 saturated carbocycles. The van der Waals surface area contributed by atoms with Crippen LogP contribution in [-0.4, -0.2) is 11.6 Å². The van der Waals surface area contributed by atoms with Gasteiger partial charge in [-0.15, -0.1) is 0 Å². The van der Waals surface area contributed by atoms with Gasteiger partial charge in [0.1, 0.15) is 12.5 Å². The standard InChI is InChI=1S/C16H16ClNO/c1-12-7-15(17)8-14-10-18(11-19-16(12)14)9-13-5-3-2-4-6-13/h2-8H,9-11H2,1H3. The van der Waals surface area contributed by atoms with Crippen LogP contribution in [0.1, 0.15) is 16.7 Å². The second-order valence-corrected chi connectivity index (χ2v) is 5.39. The van der Waals surface area contributed by atoms with Gasteiger partial charge in [-0.05, 0) is 30.2 Å². The lowest BCUT2D eigenvalue weighted by Gasteiger charge is -2.30. The van der Waals surface area contributed by atoms with Gasteiger partial charge in [-0.2, -0.15) is 0 Å². The molecule has 1 aliphatic heterocycles. The van der Waals surface area contributed by atoms with Crippen LogP contribution >= 0.6 is 11.6 Å². The maximum absolute atomic E-state index is 6.12. The normalized spacial score (nSPS) is 14.8. The molecule has 1 aliphatic rings. The van der Waals surface area contributed by atoms with Crippen molar-refractivity contribution in [2.75, 3.05) is 6.73 Å². The minimum absolute atomic E-state index is 0.629. The van der Waals surface area contributed by atoms with Crippen molar-refractivity contribution in [3.05, 3.63) is 64.2 Å². The Morgan fingerprint density at radius 3 is 2.79 bits per heavy atom. The second kappa shape index (κ2) is 5.24. The third-order valence-electron chi connectivity index (χ3n) is 3.35. The van der Waals surface area contributed by atoms with Crippen molar-refractivity contribution in [2.24, 2.45) is 0 Å². The van der Waals surface area contributed by atoms with E-state index in [0.717, 1.165) is 29.4 Å². The van der Waals surface area contributed by atoms with E-state index in [9.17, 15) is 0 Å². The Hall–Kier alpha value is -1.51. The number of aryl methyl sites for hydroxylation is 1. The van der Waals surface area contributed by atoms with Crippen molar-refractivity contribution in [1.82, 2.24) is 4.90 Å². The average molecular weight is 274 g/mol. The Morgan fingerprint density at radius 1 is 1.21 bits per heavy atom. The minimum atomic E-state index is 0.629. The molecular formula is C16H16ClNO. The fraction of sp³-hybridized carbons (Fsp3) is 0.250. The van der Waals surface area contributed by atoms with Crippen LogP contribution in [0.5, 0.6) is 5.75 Å². The van der Waals surface area contributed by atoms with Gasteiger partial charge in [-0.1, -0.05) is 41.9 Å². The average Bonchev–Trinajstić information content (AvgIpc) is 2.39. The monoisotopic (exact) mass is 273 g/mol. The molecule has 2 nitrogen and oxygen atoms in total. The van der Waals surface area contributed by atoms with Gasteiger partial charge in [0.15, 0.2) is 0 Å². The minimum Gasteiger partial charge on any atom is -0.478 e. The summed E-state index contributed by atoms with van der Waals surface area (Å²) in [5.41, 5.74) is 3.59. The molecule has 1 heterocycles. The number of ether oxygens (including phenoxy) is 1. The van der Waals surface area contributed by atoms with Crippen molar-refractivity contribution in [3.8, 4) is 5.75 Å². The first-order valence-electron chi connectivity index (χ1n) is 6.40. The van der Waals surface area contributed by atoms with E-state index in [0.29, 0.717) is 6.73 Å². The molecule has 3 rings (SSSR count). The van der Waals surface area contributed by atoms with Gasteiger partial charge in [0.2, 0.25) is 0 Å². The Morgan fingerprint density at radius 2 is 2.00 bits per heavy atom. The molecule has 2 aromatic rings. The van der Waals surface area contributed by atoms with Crippen LogP contribution in [0.15, 0.2) is 42.5 Å². The number of rotatable bonds is 2. The fourth-order valence-corrected chi connectivity index (χ4v) is 2.80. The number of hydrogen-bond donors (Lipinski definition) is 0. The molecule has 0 unspecified atom stereocenters. The summed E-state index contributed by atoms with van der Waals surface area (Å²) in [5.74, 6) is 0.994. The first-order valence-corrected chi connectivity index (χ1v) is 6.78. The maximum Gasteiger partial charge on any atom is 0.142 e. The second-order valence-electron chi connectivity index (χ2n) is 4.96. The van der Waals surface area contributed by atoms with Crippen molar-refractivity contribution in [1.29, 1.82) is 0 Å². The van der Waals surface area contributed by atoms with Crippen LogP contribution in [0, 0.1) is 6.92 Å². The number of hydrogen-bond acceptors (Lipinski definition) is 2. The lowest BCUT2D eigenvalue weighted by Crippen LogP contribution is -2.31. The summed E-state index contributed by atoms with van der Waals surface area (Å²) in [5, 5.41) is 0.779. The van der Waals surface area contributed by atoms with E-state index in [1.54, 1.807) is 0 Å². The van der Waals surface area contributed by atoms with Gasteiger partial charge in [0, 0.05) is 23.7 Å². The summed E-state index contributed by atoms with van der Waals surface area (Å²) >= 11 is 6.12. The van der Waals surface area contributed by atoms with Crippen LogP contribution < -0.4 is 4.74 Å². The third-order valence-corrected chi connectivity index (χ3v) is 3.57. The van der Waals surface area contributed by atoms with Gasteiger partial charge >= 0.3 is 0 Å². The molecule has 0 aromatic heterocycles. The van der Waals surface area contributed by atoms with E-state index in [1.165, 1.54) is 11.1 Å². The third kappa shape index (κ3) is 2.75. The zero-order valence-electron chi connectivity index (χ0n) is 10.9. The van der Waals surface area contributed by atoms with Gasteiger partial charge < -0.3 is 4.74 Å². The molecule has 0 amide bonds. The largest absolute Gasteiger partial charge is 0.478 e. The summed E-state index contributed by atoms with van der Waals surface area (Å²) in [6, 6.07) is 14.4. The van der Waals surface area contributed by atoms with Crippen LogP contribution in [0.25, 0.3) is 0 Å². The predicted octanol–water partition coefficient (Wildman–Crippen LogP) is 4.00. The first-order chi connectivity index (χ1) is 9.22. The molecule has 0 saturated heterocycles.